The largest absolute Gasteiger partial charge is 0.482 e. The lowest BCUT2D eigenvalue weighted by Gasteiger charge is -2.13. The van der Waals surface area contributed by atoms with E-state index in [0.29, 0.717) is 11.5 Å². The van der Waals surface area contributed by atoms with Crippen molar-refractivity contribution in [3.8, 4) is 11.5 Å². The molecule has 0 saturated carbocycles. The maximum atomic E-state index is 12.0. The molecular formula is C18H19BrO3. The van der Waals surface area contributed by atoms with Crippen LogP contribution in [0.25, 0.3) is 0 Å². The van der Waals surface area contributed by atoms with Gasteiger partial charge < -0.3 is 9.47 Å². The Morgan fingerprint density at radius 1 is 1.05 bits per heavy atom. The molecule has 0 amide bonds. The summed E-state index contributed by atoms with van der Waals surface area (Å²) < 4.78 is 12.0. The molecule has 0 saturated heterocycles. The first-order valence-corrected chi connectivity index (χ1v) is 7.84. The highest BCUT2D eigenvalue weighted by molar-refractivity contribution is 9.10. The van der Waals surface area contributed by atoms with Gasteiger partial charge >= 0.3 is 5.97 Å². The second-order valence-corrected chi connectivity index (χ2v) is 6.25. The highest BCUT2D eigenvalue weighted by atomic mass is 79.9. The van der Waals surface area contributed by atoms with E-state index >= 15 is 0 Å². The van der Waals surface area contributed by atoms with Gasteiger partial charge in [0.1, 0.15) is 11.5 Å². The van der Waals surface area contributed by atoms with Crippen LogP contribution in [-0.2, 0) is 4.79 Å². The van der Waals surface area contributed by atoms with Crippen molar-refractivity contribution >= 4 is 21.9 Å². The van der Waals surface area contributed by atoms with Crippen LogP contribution in [0.3, 0.4) is 0 Å². The standard InChI is InChI=1S/C18H19BrO3/c1-11-6-5-7-16(14(11)4)21-10-17(20)22-18-12(2)8-15(19)9-13(18)3/h5-9H,10H2,1-4H3. The third kappa shape index (κ3) is 3.89. The molecular weight excluding hydrogens is 344 g/mol. The first-order chi connectivity index (χ1) is 10.4. The van der Waals surface area contributed by atoms with Crippen molar-refractivity contribution in [2.24, 2.45) is 0 Å². The van der Waals surface area contributed by atoms with E-state index in [9.17, 15) is 4.79 Å². The van der Waals surface area contributed by atoms with E-state index < -0.39 is 5.97 Å². The van der Waals surface area contributed by atoms with Crippen molar-refractivity contribution in [3.63, 3.8) is 0 Å². The lowest BCUT2D eigenvalue weighted by molar-refractivity contribution is -0.136. The molecule has 116 valence electrons. The van der Waals surface area contributed by atoms with Crippen LogP contribution in [0.2, 0.25) is 0 Å². The van der Waals surface area contributed by atoms with Gasteiger partial charge in [0.05, 0.1) is 0 Å². The number of hydrogen-bond donors (Lipinski definition) is 0. The predicted molar refractivity (Wildman–Crippen MR) is 90.7 cm³/mol. The Hall–Kier alpha value is -1.81. The molecule has 0 heterocycles. The zero-order valence-corrected chi connectivity index (χ0v) is 14.8. The molecule has 0 aliphatic carbocycles. The molecule has 0 atom stereocenters. The van der Waals surface area contributed by atoms with Crippen LogP contribution in [0.15, 0.2) is 34.8 Å². The summed E-state index contributed by atoms with van der Waals surface area (Å²) in [4.78, 5) is 12.0. The summed E-state index contributed by atoms with van der Waals surface area (Å²) >= 11 is 3.42. The van der Waals surface area contributed by atoms with Gasteiger partial charge in [0, 0.05) is 4.47 Å². The minimum Gasteiger partial charge on any atom is -0.482 e. The summed E-state index contributed by atoms with van der Waals surface area (Å²) in [7, 11) is 0. The Labute approximate surface area is 139 Å². The molecule has 3 nitrogen and oxygen atoms in total. The summed E-state index contributed by atoms with van der Waals surface area (Å²) in [6.07, 6.45) is 0. The second kappa shape index (κ2) is 6.97. The topological polar surface area (TPSA) is 35.5 Å². The SMILES string of the molecule is Cc1cccc(OCC(=O)Oc2c(C)cc(Br)cc2C)c1C. The maximum Gasteiger partial charge on any atom is 0.349 e. The van der Waals surface area contributed by atoms with Crippen molar-refractivity contribution < 1.29 is 14.3 Å². The molecule has 0 aromatic heterocycles. The highest BCUT2D eigenvalue weighted by Gasteiger charge is 2.12. The van der Waals surface area contributed by atoms with Gasteiger partial charge in [0.25, 0.3) is 0 Å². The molecule has 2 aromatic carbocycles. The van der Waals surface area contributed by atoms with Crippen molar-refractivity contribution in [2.75, 3.05) is 6.61 Å². The minimum atomic E-state index is -0.408. The number of benzene rings is 2. The average Bonchev–Trinajstić information content (AvgIpc) is 2.44. The zero-order chi connectivity index (χ0) is 16.3. The molecule has 22 heavy (non-hydrogen) atoms. The molecule has 0 radical (unpaired) electrons. The molecule has 0 spiro atoms. The third-order valence-electron chi connectivity index (χ3n) is 3.54. The van der Waals surface area contributed by atoms with Gasteiger partial charge in [0.2, 0.25) is 0 Å². The number of hydrogen-bond acceptors (Lipinski definition) is 3. The van der Waals surface area contributed by atoms with Crippen molar-refractivity contribution in [1.82, 2.24) is 0 Å². The summed E-state index contributed by atoms with van der Waals surface area (Å²) in [5, 5.41) is 0. The van der Waals surface area contributed by atoms with Gasteiger partial charge in [-0.1, -0.05) is 28.1 Å². The Balaban J connectivity index is 2.04. The smallest absolute Gasteiger partial charge is 0.349 e. The second-order valence-electron chi connectivity index (χ2n) is 5.33. The molecule has 0 aliphatic rings. The summed E-state index contributed by atoms with van der Waals surface area (Å²) in [6.45, 7) is 7.69. The normalized spacial score (nSPS) is 10.4. The minimum absolute atomic E-state index is 0.112. The number of carbonyl (C=O) groups is 1. The fraction of sp³-hybridized carbons (Fsp3) is 0.278. The molecule has 0 unspecified atom stereocenters. The lowest BCUT2D eigenvalue weighted by atomic mass is 10.1. The van der Waals surface area contributed by atoms with Crippen molar-refractivity contribution in [2.45, 2.75) is 27.7 Å². The Morgan fingerprint density at radius 2 is 1.68 bits per heavy atom. The quantitative estimate of drug-likeness (QED) is 0.585. The van der Waals surface area contributed by atoms with Gasteiger partial charge in [-0.3, -0.25) is 0 Å². The Bertz CT molecular complexity index is 684. The third-order valence-corrected chi connectivity index (χ3v) is 4.00. The molecule has 0 bridgehead atoms. The molecule has 0 aliphatic heterocycles. The Kier molecular flexibility index (Phi) is 5.24. The number of halogens is 1. The predicted octanol–water partition coefficient (Wildman–Crippen LogP) is 4.67. The van der Waals surface area contributed by atoms with Crippen molar-refractivity contribution in [1.29, 1.82) is 0 Å². The van der Waals surface area contributed by atoms with Crippen molar-refractivity contribution in [3.05, 3.63) is 57.1 Å². The van der Waals surface area contributed by atoms with E-state index in [0.717, 1.165) is 26.7 Å². The zero-order valence-electron chi connectivity index (χ0n) is 13.2. The van der Waals surface area contributed by atoms with Crippen LogP contribution >= 0.6 is 15.9 Å². The van der Waals surface area contributed by atoms with Crippen LogP contribution < -0.4 is 9.47 Å². The first kappa shape index (κ1) is 16.6. The van der Waals surface area contributed by atoms with E-state index in [1.54, 1.807) is 0 Å². The van der Waals surface area contributed by atoms with Gasteiger partial charge in [-0.2, -0.15) is 0 Å². The van der Waals surface area contributed by atoms with Crippen LogP contribution in [0.5, 0.6) is 11.5 Å². The van der Waals surface area contributed by atoms with E-state index in [2.05, 4.69) is 15.9 Å². The monoisotopic (exact) mass is 362 g/mol. The summed E-state index contributed by atoms with van der Waals surface area (Å²) in [5.74, 6) is 0.897. The molecule has 0 fully saturated rings. The van der Waals surface area contributed by atoms with Gasteiger partial charge in [0.15, 0.2) is 6.61 Å². The first-order valence-electron chi connectivity index (χ1n) is 7.05. The number of aryl methyl sites for hydroxylation is 3. The fourth-order valence-electron chi connectivity index (χ4n) is 2.22. The van der Waals surface area contributed by atoms with E-state index in [1.807, 2.05) is 58.0 Å². The van der Waals surface area contributed by atoms with Gasteiger partial charge in [-0.15, -0.1) is 0 Å². The van der Waals surface area contributed by atoms with Crippen LogP contribution in [-0.4, -0.2) is 12.6 Å². The van der Waals surface area contributed by atoms with Crippen LogP contribution in [0.4, 0.5) is 0 Å². The van der Waals surface area contributed by atoms with Crippen LogP contribution in [0.1, 0.15) is 22.3 Å². The molecule has 4 heteroatoms. The maximum absolute atomic E-state index is 12.0. The molecule has 2 rings (SSSR count). The fourth-order valence-corrected chi connectivity index (χ4v) is 2.91. The molecule has 2 aromatic rings. The van der Waals surface area contributed by atoms with E-state index in [1.165, 1.54) is 0 Å². The number of esters is 1. The Morgan fingerprint density at radius 3 is 2.32 bits per heavy atom. The van der Waals surface area contributed by atoms with Gasteiger partial charge in [-0.25, -0.2) is 4.79 Å². The summed E-state index contributed by atoms with van der Waals surface area (Å²) in [5.41, 5.74) is 3.98. The highest BCUT2D eigenvalue weighted by Crippen LogP contribution is 2.27. The van der Waals surface area contributed by atoms with E-state index in [4.69, 9.17) is 9.47 Å². The van der Waals surface area contributed by atoms with E-state index in [-0.39, 0.29) is 6.61 Å². The number of carbonyl (C=O) groups excluding carboxylic acids is 1. The lowest BCUT2D eigenvalue weighted by Crippen LogP contribution is -2.19. The number of rotatable bonds is 4. The van der Waals surface area contributed by atoms with Crippen LogP contribution in [0, 0.1) is 27.7 Å². The number of ether oxygens (including phenoxy) is 2. The van der Waals surface area contributed by atoms with Gasteiger partial charge in [-0.05, 0) is 68.1 Å². The average molecular weight is 363 g/mol. The molecule has 0 N–H and O–H groups in total. The summed E-state index contributed by atoms with van der Waals surface area (Å²) in [6, 6.07) is 9.61.